The van der Waals surface area contributed by atoms with Crippen molar-refractivity contribution in [3.63, 3.8) is 0 Å². The molecular weight excluding hydrogens is 338 g/mol. The predicted molar refractivity (Wildman–Crippen MR) is 83.8 cm³/mol. The largest absolute Gasteiger partial charge is 0.486 e. The molecule has 2 atom stereocenters. The predicted octanol–water partition coefficient (Wildman–Crippen LogP) is 3.69. The fraction of sp³-hybridized carbons (Fsp3) is 0.312. The van der Waals surface area contributed by atoms with Gasteiger partial charge < -0.3 is 4.74 Å². The summed E-state index contributed by atoms with van der Waals surface area (Å²) in [5.41, 5.74) is 2.75. The van der Waals surface area contributed by atoms with Crippen molar-refractivity contribution < 1.29 is 13.5 Å². The number of imidazole rings is 1. The molecule has 0 N–H and O–H groups in total. The number of rotatable bonds is 5. The van der Waals surface area contributed by atoms with Crippen LogP contribution in [0.4, 0.5) is 8.78 Å². The Labute approximate surface area is 141 Å². The molecule has 0 saturated heterocycles. The summed E-state index contributed by atoms with van der Waals surface area (Å²) in [5, 5.41) is 4.60. The van der Waals surface area contributed by atoms with E-state index in [2.05, 4.69) is 15.1 Å². The molecule has 4 rings (SSSR count). The molecule has 0 radical (unpaired) electrons. The van der Waals surface area contributed by atoms with E-state index in [0.717, 1.165) is 23.3 Å². The van der Waals surface area contributed by atoms with Crippen LogP contribution in [0.3, 0.4) is 0 Å². The number of hydrogen-bond donors (Lipinski definition) is 0. The van der Waals surface area contributed by atoms with E-state index < -0.39 is 13.0 Å². The summed E-state index contributed by atoms with van der Waals surface area (Å²) in [6.45, 7) is -0.625. The van der Waals surface area contributed by atoms with E-state index in [4.69, 9.17) is 16.3 Å². The molecule has 24 heavy (non-hydrogen) atoms. The number of ether oxygens (including phenoxy) is 1. The zero-order chi connectivity index (χ0) is 16.7. The van der Waals surface area contributed by atoms with Gasteiger partial charge in [-0.25, -0.2) is 18.3 Å². The lowest BCUT2D eigenvalue weighted by molar-refractivity contribution is 0.0817. The smallest absolute Gasteiger partial charge is 0.272 e. The normalized spacial score (nSPS) is 19.8. The first-order valence-electron chi connectivity index (χ1n) is 7.48. The first-order chi connectivity index (χ1) is 11.6. The third-order valence-corrected chi connectivity index (χ3v) is 4.25. The second-order valence-corrected chi connectivity index (χ2v) is 6.07. The molecule has 0 spiro atoms. The molecule has 8 heteroatoms. The molecule has 3 aromatic heterocycles. The van der Waals surface area contributed by atoms with Crippen LogP contribution < -0.4 is 4.74 Å². The topological polar surface area (TPSA) is 52.3 Å². The Bertz CT molecular complexity index is 868. The molecule has 1 aliphatic rings. The zero-order valence-electron chi connectivity index (χ0n) is 12.4. The minimum absolute atomic E-state index is 0.258. The van der Waals surface area contributed by atoms with E-state index in [1.165, 1.54) is 6.20 Å². The van der Waals surface area contributed by atoms with Gasteiger partial charge in [0.1, 0.15) is 17.5 Å². The summed E-state index contributed by atoms with van der Waals surface area (Å²) in [7, 11) is 0. The van der Waals surface area contributed by atoms with Gasteiger partial charge in [-0.05, 0) is 30.5 Å². The fourth-order valence-corrected chi connectivity index (χ4v) is 3.10. The van der Waals surface area contributed by atoms with Gasteiger partial charge in [0.15, 0.2) is 5.65 Å². The van der Waals surface area contributed by atoms with E-state index in [1.54, 1.807) is 23.0 Å². The van der Waals surface area contributed by atoms with Crippen molar-refractivity contribution in [1.29, 1.82) is 0 Å². The molecular formula is C16H13ClF2N4O. The van der Waals surface area contributed by atoms with Crippen LogP contribution in [0.5, 0.6) is 5.75 Å². The van der Waals surface area contributed by atoms with Gasteiger partial charge in [-0.3, -0.25) is 4.98 Å². The minimum Gasteiger partial charge on any atom is -0.486 e. The molecule has 3 aromatic rings. The van der Waals surface area contributed by atoms with Crippen molar-refractivity contribution in [2.75, 3.05) is 6.61 Å². The average molecular weight is 351 g/mol. The summed E-state index contributed by atoms with van der Waals surface area (Å²) in [4.78, 5) is 8.67. The standard InChI is InChI=1S/C16H13ClF2N4O/c17-14-6-12(16-20-3-4-23(16)22-14)10-5-11(10)13-2-1-9(7-21-13)24-8-15(18)19/h1-4,6-7,10-11,15H,5,8H2/t10-,11-/m0/s1. The lowest BCUT2D eigenvalue weighted by Gasteiger charge is -2.06. The second kappa shape index (κ2) is 5.98. The summed E-state index contributed by atoms with van der Waals surface area (Å²) in [6.07, 6.45) is 3.37. The first kappa shape index (κ1) is 15.3. The summed E-state index contributed by atoms with van der Waals surface area (Å²) < 4.78 is 30.9. The lowest BCUT2D eigenvalue weighted by atomic mass is 10.1. The highest BCUT2D eigenvalue weighted by molar-refractivity contribution is 6.29. The maximum Gasteiger partial charge on any atom is 0.272 e. The summed E-state index contributed by atoms with van der Waals surface area (Å²) >= 11 is 6.07. The first-order valence-corrected chi connectivity index (χ1v) is 7.86. The minimum atomic E-state index is -2.49. The molecule has 0 aromatic carbocycles. The van der Waals surface area contributed by atoms with E-state index in [-0.39, 0.29) is 11.8 Å². The van der Waals surface area contributed by atoms with E-state index >= 15 is 0 Å². The highest BCUT2D eigenvalue weighted by Crippen LogP contribution is 2.55. The molecule has 1 aliphatic carbocycles. The van der Waals surface area contributed by atoms with Gasteiger partial charge >= 0.3 is 0 Å². The van der Waals surface area contributed by atoms with E-state index in [0.29, 0.717) is 10.9 Å². The number of aromatic nitrogens is 4. The Hall–Kier alpha value is -2.28. The maximum absolute atomic E-state index is 12.1. The van der Waals surface area contributed by atoms with Crippen LogP contribution in [-0.4, -0.2) is 32.6 Å². The number of pyridine rings is 1. The van der Waals surface area contributed by atoms with Gasteiger partial charge in [-0.2, -0.15) is 5.10 Å². The summed E-state index contributed by atoms with van der Waals surface area (Å²) in [5.74, 6) is 0.878. The molecule has 0 amide bonds. The van der Waals surface area contributed by atoms with Crippen molar-refractivity contribution in [2.45, 2.75) is 24.7 Å². The zero-order valence-corrected chi connectivity index (χ0v) is 13.2. The SMILES string of the molecule is FC(F)COc1ccc([C@H]2C[C@@H]2c2cc(Cl)nn3ccnc23)nc1. The van der Waals surface area contributed by atoms with Gasteiger partial charge in [-0.15, -0.1) is 0 Å². The second-order valence-electron chi connectivity index (χ2n) is 5.69. The van der Waals surface area contributed by atoms with Crippen molar-refractivity contribution in [3.05, 3.63) is 53.2 Å². The quantitative estimate of drug-likeness (QED) is 0.704. The molecule has 0 aliphatic heterocycles. The molecule has 5 nitrogen and oxygen atoms in total. The Balaban J connectivity index is 1.52. The van der Waals surface area contributed by atoms with Gasteiger partial charge in [0.2, 0.25) is 0 Å². The number of hydrogen-bond acceptors (Lipinski definition) is 4. The van der Waals surface area contributed by atoms with Crippen LogP contribution in [0, 0.1) is 0 Å². The van der Waals surface area contributed by atoms with Crippen LogP contribution in [0.1, 0.15) is 29.5 Å². The number of alkyl halides is 2. The van der Waals surface area contributed by atoms with Crippen molar-refractivity contribution >= 4 is 17.2 Å². The van der Waals surface area contributed by atoms with Crippen LogP contribution in [0.15, 0.2) is 36.8 Å². The van der Waals surface area contributed by atoms with E-state index in [9.17, 15) is 8.78 Å². The fourth-order valence-electron chi connectivity index (χ4n) is 2.90. The van der Waals surface area contributed by atoms with Crippen LogP contribution in [0.25, 0.3) is 5.65 Å². The molecule has 1 saturated carbocycles. The Morgan fingerprint density at radius 3 is 2.92 bits per heavy atom. The highest BCUT2D eigenvalue weighted by atomic mass is 35.5. The monoisotopic (exact) mass is 350 g/mol. The average Bonchev–Trinajstić information content (AvgIpc) is 3.22. The molecule has 3 heterocycles. The maximum atomic E-state index is 12.1. The third-order valence-electron chi connectivity index (χ3n) is 4.06. The Morgan fingerprint density at radius 1 is 1.29 bits per heavy atom. The van der Waals surface area contributed by atoms with Crippen LogP contribution in [-0.2, 0) is 0 Å². The van der Waals surface area contributed by atoms with Crippen LogP contribution >= 0.6 is 11.6 Å². The summed E-state index contributed by atoms with van der Waals surface area (Å²) in [6, 6.07) is 5.33. The van der Waals surface area contributed by atoms with Crippen molar-refractivity contribution in [1.82, 2.24) is 19.6 Å². The van der Waals surface area contributed by atoms with Gasteiger partial charge in [0.05, 0.1) is 6.20 Å². The molecule has 1 fully saturated rings. The van der Waals surface area contributed by atoms with Gasteiger partial charge in [0, 0.05) is 29.6 Å². The number of fused-ring (bicyclic) bond motifs is 1. The number of nitrogens with zero attached hydrogens (tertiary/aromatic N) is 4. The highest BCUT2D eigenvalue weighted by Gasteiger charge is 2.42. The Kier molecular flexibility index (Phi) is 3.80. The molecule has 0 unspecified atom stereocenters. The molecule has 0 bridgehead atoms. The van der Waals surface area contributed by atoms with E-state index in [1.807, 2.05) is 12.1 Å². The molecule has 124 valence electrons. The van der Waals surface area contributed by atoms with Gasteiger partial charge in [0.25, 0.3) is 6.43 Å². The Morgan fingerprint density at radius 2 is 2.17 bits per heavy atom. The van der Waals surface area contributed by atoms with Gasteiger partial charge in [-0.1, -0.05) is 11.6 Å². The van der Waals surface area contributed by atoms with Crippen molar-refractivity contribution in [3.8, 4) is 5.75 Å². The number of halogens is 3. The van der Waals surface area contributed by atoms with Crippen molar-refractivity contribution in [2.24, 2.45) is 0 Å². The van der Waals surface area contributed by atoms with Crippen LogP contribution in [0.2, 0.25) is 5.15 Å². The third kappa shape index (κ3) is 2.91. The lowest BCUT2D eigenvalue weighted by Crippen LogP contribution is -2.07.